The molecule has 0 spiro atoms. The number of nitrogens with zero attached hydrogens (tertiary/aromatic N) is 16. The van der Waals surface area contributed by atoms with E-state index in [0.29, 0.717) is 29.4 Å². The summed E-state index contributed by atoms with van der Waals surface area (Å²) in [6.45, 7) is 0. The van der Waals surface area contributed by atoms with Gasteiger partial charge in [-0.25, -0.2) is 24.9 Å². The monoisotopic (exact) mass is 1920 g/mol. The molecule has 16 heteroatoms. The molecule has 12 aromatic heterocycles. The molecule has 18 aromatic carbocycles. The highest BCUT2D eigenvalue weighted by molar-refractivity contribution is 6.19. The molecule has 30 aromatic rings. The molecule has 0 saturated carbocycles. The van der Waals surface area contributed by atoms with E-state index in [1.807, 2.05) is 140 Å². The Bertz CT molecular complexity index is 9330. The van der Waals surface area contributed by atoms with Gasteiger partial charge in [0.25, 0.3) is 0 Å². The first-order chi connectivity index (χ1) is 74.4. The van der Waals surface area contributed by atoms with Gasteiger partial charge in [0, 0.05) is 140 Å². The maximum atomic E-state index is 5.28. The predicted octanol–water partition coefficient (Wildman–Crippen LogP) is 32.6. The number of pyridine rings is 3. The molecule has 0 amide bonds. The smallest absolute Gasteiger partial charge is 0.238 e. The minimum Gasteiger partial charge on any atom is -0.308 e. The van der Waals surface area contributed by atoms with Crippen LogP contribution < -0.4 is 0 Å². The Kier molecular flexibility index (Phi) is 21.5. The molecule has 12 heterocycles. The van der Waals surface area contributed by atoms with Crippen molar-refractivity contribution >= 4 is 131 Å². The van der Waals surface area contributed by atoms with Crippen LogP contribution in [0.3, 0.4) is 0 Å². The van der Waals surface area contributed by atoms with E-state index in [2.05, 4.69) is 410 Å². The first-order valence-electron chi connectivity index (χ1n) is 50.2. The van der Waals surface area contributed by atoms with E-state index in [-0.39, 0.29) is 0 Å². The molecule has 0 atom stereocenters. The van der Waals surface area contributed by atoms with Gasteiger partial charge in [-0.3, -0.25) is 28.7 Å². The fourth-order valence-electron chi connectivity index (χ4n) is 21.9. The zero-order chi connectivity index (χ0) is 99.1. The molecular formula is C134H86N16. The third-order valence-corrected chi connectivity index (χ3v) is 28.6. The van der Waals surface area contributed by atoms with Gasteiger partial charge in [0.1, 0.15) is 5.82 Å². The molecule has 150 heavy (non-hydrogen) atoms. The Morgan fingerprint density at radius 2 is 0.420 bits per heavy atom. The normalized spacial score (nSPS) is 11.6. The van der Waals surface area contributed by atoms with Crippen LogP contribution >= 0.6 is 0 Å². The van der Waals surface area contributed by atoms with Gasteiger partial charge in [-0.05, 0) is 150 Å². The summed E-state index contributed by atoms with van der Waals surface area (Å²) >= 11 is 0. The molecule has 16 nitrogen and oxygen atoms in total. The molecule has 0 aliphatic rings. The van der Waals surface area contributed by atoms with Crippen molar-refractivity contribution in [2.75, 3.05) is 0 Å². The molecule has 0 N–H and O–H groups in total. The Morgan fingerprint density at radius 3 is 0.767 bits per heavy atom. The third-order valence-electron chi connectivity index (χ3n) is 28.6. The topological polar surface area (TPSA) is 158 Å². The molecule has 0 bridgehead atoms. The maximum absolute atomic E-state index is 5.28. The molecule has 0 saturated heterocycles. The van der Waals surface area contributed by atoms with Gasteiger partial charge < -0.3 is 13.7 Å². The van der Waals surface area contributed by atoms with Crippen molar-refractivity contribution in [1.82, 2.24) is 77.2 Å². The van der Waals surface area contributed by atoms with Crippen molar-refractivity contribution < 1.29 is 0 Å². The number of fused-ring (bicyclic) bond motifs is 18. The zero-order valence-corrected chi connectivity index (χ0v) is 80.8. The Hall–Kier alpha value is -20.6. The summed E-state index contributed by atoms with van der Waals surface area (Å²) in [4.78, 5) is 50.7. The van der Waals surface area contributed by atoms with Gasteiger partial charge in [0.15, 0.2) is 17.5 Å². The molecule has 0 unspecified atom stereocenters. The van der Waals surface area contributed by atoms with E-state index in [0.717, 1.165) is 227 Å². The van der Waals surface area contributed by atoms with Crippen LogP contribution in [0.25, 0.3) is 267 Å². The largest absolute Gasteiger partial charge is 0.308 e. The summed E-state index contributed by atoms with van der Waals surface area (Å²) in [5, 5.41) is 10.3. The summed E-state index contributed by atoms with van der Waals surface area (Å²) in [6, 6.07) is 175. The predicted molar refractivity (Wildman–Crippen MR) is 612 cm³/mol. The van der Waals surface area contributed by atoms with Crippen LogP contribution in [-0.2, 0) is 0 Å². The Balaban J connectivity index is 0.000000108. The van der Waals surface area contributed by atoms with Crippen molar-refractivity contribution in [3.05, 3.63) is 522 Å². The highest BCUT2D eigenvalue weighted by atomic mass is 15.2. The number of hydrogen-bond acceptors (Lipinski definition) is 10. The highest BCUT2D eigenvalue weighted by Gasteiger charge is 2.28. The molecule has 30 rings (SSSR count). The average Bonchev–Trinajstić information content (AvgIpc) is 1.57. The lowest BCUT2D eigenvalue weighted by Gasteiger charge is -2.14. The molecule has 0 radical (unpaired) electrons. The second-order valence-corrected chi connectivity index (χ2v) is 37.3. The van der Waals surface area contributed by atoms with Crippen LogP contribution in [0.4, 0.5) is 0 Å². The van der Waals surface area contributed by atoms with Crippen molar-refractivity contribution in [1.29, 1.82) is 0 Å². The second kappa shape index (κ2) is 37.0. The lowest BCUT2D eigenvalue weighted by molar-refractivity contribution is 0.954. The van der Waals surface area contributed by atoms with Gasteiger partial charge >= 0.3 is 0 Å². The zero-order valence-electron chi connectivity index (χ0n) is 80.8. The van der Waals surface area contributed by atoms with E-state index >= 15 is 0 Å². The van der Waals surface area contributed by atoms with Crippen LogP contribution in [0.5, 0.6) is 0 Å². The fraction of sp³-hybridized carbons (Fsp3) is 0. The van der Waals surface area contributed by atoms with E-state index in [1.54, 1.807) is 0 Å². The van der Waals surface area contributed by atoms with E-state index in [4.69, 9.17) is 49.8 Å². The minimum absolute atomic E-state index is 0.569. The van der Waals surface area contributed by atoms with Crippen molar-refractivity contribution in [3.8, 4) is 136 Å². The molecular weight excluding hydrogens is 1830 g/mol. The molecule has 0 aliphatic heterocycles. The highest BCUT2D eigenvalue weighted by Crippen LogP contribution is 2.47. The first-order valence-corrected chi connectivity index (χ1v) is 50.2. The second-order valence-electron chi connectivity index (χ2n) is 37.3. The Morgan fingerprint density at radius 1 is 0.147 bits per heavy atom. The fourth-order valence-corrected chi connectivity index (χ4v) is 21.9. The number of para-hydroxylation sites is 9. The quantitative estimate of drug-likeness (QED) is 0.0967. The lowest BCUT2D eigenvalue weighted by Crippen LogP contribution is -2.07. The Labute approximate surface area is 860 Å². The van der Waals surface area contributed by atoms with Crippen LogP contribution in [-0.4, -0.2) is 77.2 Å². The average molecular weight is 1920 g/mol. The van der Waals surface area contributed by atoms with Crippen LogP contribution in [0, 0.1) is 0 Å². The van der Waals surface area contributed by atoms with Crippen LogP contribution in [0.2, 0.25) is 0 Å². The summed E-state index contributed by atoms with van der Waals surface area (Å²) in [5.41, 5.74) is 34.4. The van der Waals surface area contributed by atoms with Crippen molar-refractivity contribution in [2.45, 2.75) is 0 Å². The van der Waals surface area contributed by atoms with Crippen LogP contribution in [0.1, 0.15) is 0 Å². The van der Waals surface area contributed by atoms with Gasteiger partial charge in [-0.2, -0.15) is 9.97 Å². The van der Waals surface area contributed by atoms with Crippen molar-refractivity contribution in [3.63, 3.8) is 0 Å². The van der Waals surface area contributed by atoms with E-state index in [9.17, 15) is 0 Å². The maximum Gasteiger partial charge on any atom is 0.238 e. The summed E-state index contributed by atoms with van der Waals surface area (Å²) in [6.07, 6.45) is 5.61. The van der Waals surface area contributed by atoms with Crippen LogP contribution in [0.15, 0.2) is 522 Å². The number of rotatable bonds is 15. The van der Waals surface area contributed by atoms with Crippen molar-refractivity contribution in [2.24, 2.45) is 0 Å². The van der Waals surface area contributed by atoms with Gasteiger partial charge in [-0.1, -0.05) is 364 Å². The molecule has 702 valence electrons. The number of hydrogen-bond donors (Lipinski definition) is 0. The number of benzene rings is 18. The minimum atomic E-state index is 0.569. The van der Waals surface area contributed by atoms with Gasteiger partial charge in [-0.15, -0.1) is 0 Å². The number of aromatic nitrogens is 16. The van der Waals surface area contributed by atoms with E-state index < -0.39 is 0 Å². The SMILES string of the molecule is c1ccc(-c2cc(-c3ccccc3)nc(-n3c4ccccc4c4cccc(-c5ccc6c7ncccc7n(-c7ccccc7)c6c5)c43)n2)cc1.c1ccc(-c2cc(-n3c4ccccc4c4cccc(-c5ccc6c7ncccc7n(-c7ccccc7)c6c5)c43)nc(-c3ccccc3)n2)cc1.c1ccc(-c2nc(-c3ccccc3)nc(-n3c4ccccc4c4cccc(-c5ccc6c7ncccc7n(-c7ccccc7)c6c5)c43)n2)cc1. The molecule has 0 fully saturated rings. The summed E-state index contributed by atoms with van der Waals surface area (Å²) in [7, 11) is 0. The third kappa shape index (κ3) is 15.2. The van der Waals surface area contributed by atoms with Gasteiger partial charge in [0.05, 0.1) is 99.8 Å². The first kappa shape index (κ1) is 87.2. The standard InChI is InChI=1S/2C45H29N5.C44H28N6/c1-4-14-30(15-5-1)38-29-39(31-16-6-2-7-17-31)48-45(47-38)50-40-23-11-10-20-35(40)36-22-12-21-34(44(36)50)32-25-26-37-42(28-32)49(33-18-8-3-9-19-33)41-24-13-27-46-43(37)41;1-4-14-30(15-5-1)38-29-42(48-45(47-38)31-16-6-2-7-17-31)50-39-23-11-10-20-35(39)36-22-12-21-34(44(36)50)32-25-26-37-41(28-32)49(33-18-8-3-9-19-33)40-24-13-27-46-43(37)40;1-4-14-29(15-5-1)42-46-43(30-16-6-2-7-17-30)48-44(47-42)50-37-23-11-10-20-34(37)35-22-12-21-33(41(35)50)31-25-26-36-39(28-31)49(32-18-8-3-9-19-32)38-24-13-27-45-40(36)38/h2*1-29H;1-28H. The molecule has 0 aliphatic carbocycles. The summed E-state index contributed by atoms with van der Waals surface area (Å²) < 4.78 is 13.7. The van der Waals surface area contributed by atoms with E-state index in [1.165, 1.54) is 10.8 Å². The van der Waals surface area contributed by atoms with Gasteiger partial charge in [0.2, 0.25) is 11.9 Å². The summed E-state index contributed by atoms with van der Waals surface area (Å²) in [5.74, 6) is 3.96. The lowest BCUT2D eigenvalue weighted by atomic mass is 10.0.